The fourth-order valence-electron chi connectivity index (χ4n) is 2.68. The number of aromatic nitrogens is 3. The molecule has 0 amide bonds. The van der Waals surface area contributed by atoms with Crippen molar-refractivity contribution < 1.29 is 0 Å². The lowest BCUT2D eigenvalue weighted by Crippen LogP contribution is -2.25. The van der Waals surface area contributed by atoms with Gasteiger partial charge >= 0.3 is 0 Å². The molecular formula is C15H22N4. The molecule has 1 aliphatic carbocycles. The Balaban J connectivity index is 1.73. The van der Waals surface area contributed by atoms with Gasteiger partial charge in [0.2, 0.25) is 0 Å². The van der Waals surface area contributed by atoms with Crippen LogP contribution in [-0.2, 0) is 6.54 Å². The molecule has 0 saturated heterocycles. The summed E-state index contributed by atoms with van der Waals surface area (Å²) in [6, 6.07) is 4.92. The van der Waals surface area contributed by atoms with E-state index in [2.05, 4.69) is 47.6 Å². The van der Waals surface area contributed by atoms with Gasteiger partial charge in [0.1, 0.15) is 0 Å². The van der Waals surface area contributed by atoms with Gasteiger partial charge in [-0.25, -0.2) is 9.50 Å². The Bertz CT molecular complexity index is 552. The van der Waals surface area contributed by atoms with Gasteiger partial charge in [0.05, 0.1) is 0 Å². The van der Waals surface area contributed by atoms with Crippen LogP contribution in [0.1, 0.15) is 56.8 Å². The van der Waals surface area contributed by atoms with Crippen LogP contribution in [0.25, 0.3) is 5.65 Å². The minimum atomic E-state index is 0.375. The molecule has 0 aromatic carbocycles. The van der Waals surface area contributed by atoms with E-state index in [1.165, 1.54) is 31.2 Å². The van der Waals surface area contributed by atoms with Crippen LogP contribution in [0.2, 0.25) is 0 Å². The van der Waals surface area contributed by atoms with Crippen molar-refractivity contribution in [3.63, 3.8) is 0 Å². The van der Waals surface area contributed by atoms with Crippen LogP contribution < -0.4 is 5.32 Å². The third-order valence-corrected chi connectivity index (χ3v) is 3.88. The van der Waals surface area contributed by atoms with E-state index < -0.39 is 0 Å². The molecule has 0 atom stereocenters. The molecule has 2 aromatic heterocycles. The van der Waals surface area contributed by atoms with Crippen LogP contribution in [0.3, 0.4) is 0 Å². The van der Waals surface area contributed by atoms with Crippen LogP contribution >= 0.6 is 0 Å². The highest BCUT2D eigenvalue weighted by Crippen LogP contribution is 2.18. The third kappa shape index (κ3) is 2.78. The molecule has 1 N–H and O–H groups in total. The van der Waals surface area contributed by atoms with Gasteiger partial charge in [0.25, 0.3) is 0 Å². The summed E-state index contributed by atoms with van der Waals surface area (Å²) in [7, 11) is 0. The molecule has 4 nitrogen and oxygen atoms in total. The SMILES string of the molecule is CC(C)c1nc2ccc(CNC3CCCC3)cn2n1. The summed E-state index contributed by atoms with van der Waals surface area (Å²) in [4.78, 5) is 4.52. The molecule has 0 unspecified atom stereocenters. The molecule has 0 radical (unpaired) electrons. The molecule has 0 aliphatic heterocycles. The average Bonchev–Trinajstić information content (AvgIpc) is 3.04. The van der Waals surface area contributed by atoms with E-state index in [0.717, 1.165) is 18.0 Å². The van der Waals surface area contributed by atoms with Crippen LogP contribution in [-0.4, -0.2) is 20.6 Å². The highest BCUT2D eigenvalue weighted by molar-refractivity contribution is 5.39. The quantitative estimate of drug-likeness (QED) is 0.917. The van der Waals surface area contributed by atoms with E-state index in [4.69, 9.17) is 0 Å². The lowest BCUT2D eigenvalue weighted by atomic mass is 10.2. The van der Waals surface area contributed by atoms with Crippen molar-refractivity contribution in [1.29, 1.82) is 0 Å². The monoisotopic (exact) mass is 258 g/mol. The first-order valence-corrected chi connectivity index (χ1v) is 7.31. The van der Waals surface area contributed by atoms with Gasteiger partial charge in [-0.3, -0.25) is 0 Å². The summed E-state index contributed by atoms with van der Waals surface area (Å²) < 4.78 is 1.90. The van der Waals surface area contributed by atoms with Crippen LogP contribution in [0.15, 0.2) is 18.3 Å². The Morgan fingerprint density at radius 3 is 2.84 bits per heavy atom. The zero-order valence-electron chi connectivity index (χ0n) is 11.8. The molecule has 0 spiro atoms. The van der Waals surface area contributed by atoms with E-state index >= 15 is 0 Å². The van der Waals surface area contributed by atoms with Gasteiger partial charge in [-0.1, -0.05) is 32.8 Å². The second kappa shape index (κ2) is 5.29. The van der Waals surface area contributed by atoms with E-state index in [0.29, 0.717) is 12.0 Å². The molecule has 3 rings (SSSR count). The first kappa shape index (κ1) is 12.6. The van der Waals surface area contributed by atoms with Gasteiger partial charge in [-0.05, 0) is 24.5 Å². The maximum Gasteiger partial charge on any atom is 0.155 e. The smallest absolute Gasteiger partial charge is 0.155 e. The minimum Gasteiger partial charge on any atom is -0.310 e. The van der Waals surface area contributed by atoms with Crippen LogP contribution in [0, 0.1) is 0 Å². The molecule has 1 saturated carbocycles. The fourth-order valence-corrected chi connectivity index (χ4v) is 2.68. The van der Waals surface area contributed by atoms with Crippen molar-refractivity contribution in [3.05, 3.63) is 29.7 Å². The predicted octanol–water partition coefficient (Wildman–Crippen LogP) is 2.88. The van der Waals surface area contributed by atoms with Crippen LogP contribution in [0.5, 0.6) is 0 Å². The maximum absolute atomic E-state index is 4.53. The summed E-state index contributed by atoms with van der Waals surface area (Å²) >= 11 is 0. The van der Waals surface area contributed by atoms with Gasteiger partial charge < -0.3 is 5.32 Å². The Morgan fingerprint density at radius 2 is 2.11 bits per heavy atom. The summed E-state index contributed by atoms with van der Waals surface area (Å²) in [6.45, 7) is 5.17. The molecule has 2 heterocycles. The molecule has 19 heavy (non-hydrogen) atoms. The Kier molecular flexibility index (Phi) is 3.51. The lowest BCUT2D eigenvalue weighted by molar-refractivity contribution is 0.523. The average molecular weight is 258 g/mol. The van der Waals surface area contributed by atoms with Crippen molar-refractivity contribution in [2.45, 2.75) is 58.0 Å². The molecule has 2 aromatic rings. The zero-order chi connectivity index (χ0) is 13.2. The molecule has 1 aliphatic rings. The van der Waals surface area contributed by atoms with Gasteiger partial charge in [-0.2, -0.15) is 5.10 Å². The Morgan fingerprint density at radius 1 is 1.32 bits per heavy atom. The lowest BCUT2D eigenvalue weighted by Gasteiger charge is -2.11. The predicted molar refractivity (Wildman–Crippen MR) is 76.2 cm³/mol. The number of hydrogen-bond acceptors (Lipinski definition) is 3. The molecular weight excluding hydrogens is 236 g/mol. The van der Waals surface area contributed by atoms with Gasteiger partial charge in [0.15, 0.2) is 11.5 Å². The summed E-state index contributed by atoms with van der Waals surface area (Å²) in [5.41, 5.74) is 2.22. The van der Waals surface area contributed by atoms with Crippen molar-refractivity contribution >= 4 is 5.65 Å². The number of nitrogens with zero attached hydrogens (tertiary/aromatic N) is 3. The molecule has 102 valence electrons. The number of fused-ring (bicyclic) bond motifs is 1. The molecule has 4 heteroatoms. The summed E-state index contributed by atoms with van der Waals surface area (Å²) in [5.74, 6) is 1.29. The first-order valence-electron chi connectivity index (χ1n) is 7.31. The molecule has 0 bridgehead atoms. The maximum atomic E-state index is 4.53. The topological polar surface area (TPSA) is 42.2 Å². The highest BCUT2D eigenvalue weighted by atomic mass is 15.3. The summed E-state index contributed by atoms with van der Waals surface area (Å²) in [5, 5.41) is 8.16. The number of hydrogen-bond donors (Lipinski definition) is 1. The van der Waals surface area contributed by atoms with E-state index in [1.807, 2.05) is 4.52 Å². The Labute approximate surface area is 114 Å². The van der Waals surface area contributed by atoms with Gasteiger partial charge in [-0.15, -0.1) is 0 Å². The van der Waals surface area contributed by atoms with Gasteiger partial charge in [0, 0.05) is 24.7 Å². The van der Waals surface area contributed by atoms with E-state index in [1.54, 1.807) is 0 Å². The van der Waals surface area contributed by atoms with Crippen molar-refractivity contribution in [2.24, 2.45) is 0 Å². The highest BCUT2D eigenvalue weighted by Gasteiger charge is 2.14. The zero-order valence-corrected chi connectivity index (χ0v) is 11.8. The normalized spacial score (nSPS) is 16.8. The third-order valence-electron chi connectivity index (χ3n) is 3.88. The number of rotatable bonds is 4. The minimum absolute atomic E-state index is 0.375. The largest absolute Gasteiger partial charge is 0.310 e. The number of pyridine rings is 1. The fraction of sp³-hybridized carbons (Fsp3) is 0.600. The standard InChI is InChI=1S/C15H22N4/c1-11(2)15-17-14-8-7-12(10-19(14)18-15)9-16-13-5-3-4-6-13/h7-8,10-11,13,16H,3-6,9H2,1-2H3. The van der Waals surface area contributed by atoms with Crippen molar-refractivity contribution in [2.75, 3.05) is 0 Å². The summed E-state index contributed by atoms with van der Waals surface area (Å²) in [6.07, 6.45) is 7.48. The van der Waals surface area contributed by atoms with Crippen LogP contribution in [0.4, 0.5) is 0 Å². The van der Waals surface area contributed by atoms with E-state index in [-0.39, 0.29) is 0 Å². The van der Waals surface area contributed by atoms with Crippen molar-refractivity contribution in [3.8, 4) is 0 Å². The molecule has 1 fully saturated rings. The Hall–Kier alpha value is -1.42. The number of nitrogens with one attached hydrogen (secondary N) is 1. The second-order valence-corrected chi connectivity index (χ2v) is 5.83. The van der Waals surface area contributed by atoms with E-state index in [9.17, 15) is 0 Å². The first-order chi connectivity index (χ1) is 9.22. The van der Waals surface area contributed by atoms with Crippen molar-refractivity contribution in [1.82, 2.24) is 19.9 Å². The second-order valence-electron chi connectivity index (χ2n) is 5.83.